The molecule has 1 aromatic heterocycles. The van der Waals surface area contributed by atoms with Gasteiger partial charge in [-0.15, -0.1) is 0 Å². The number of morpholine rings is 1. The van der Waals surface area contributed by atoms with Gasteiger partial charge in [0.15, 0.2) is 0 Å². The topological polar surface area (TPSA) is 117 Å². The Bertz CT molecular complexity index is 1550. The summed E-state index contributed by atoms with van der Waals surface area (Å²) in [5.74, 6) is -0.860. The first-order valence-corrected chi connectivity index (χ1v) is 15.6. The van der Waals surface area contributed by atoms with Crippen molar-refractivity contribution in [2.45, 2.75) is 36.5 Å². The van der Waals surface area contributed by atoms with Crippen molar-refractivity contribution in [2.75, 3.05) is 51.3 Å². The Balaban J connectivity index is 1.31. The maximum absolute atomic E-state index is 13.4. The van der Waals surface area contributed by atoms with Gasteiger partial charge in [0.1, 0.15) is 11.9 Å². The zero-order valence-electron chi connectivity index (χ0n) is 23.7. The van der Waals surface area contributed by atoms with E-state index in [2.05, 4.69) is 25.5 Å². The number of ether oxygens (including phenoxy) is 1. The van der Waals surface area contributed by atoms with E-state index in [9.17, 15) is 30.8 Å². The van der Waals surface area contributed by atoms with E-state index in [0.29, 0.717) is 56.1 Å². The molecule has 2 N–H and O–H groups in total. The fourth-order valence-corrected chi connectivity index (χ4v) is 6.78. The molecule has 0 bridgehead atoms. The monoisotopic (exact) mass is 636 g/mol. The largest absolute Gasteiger partial charge is 0.416 e. The average molecular weight is 637 g/mol. The van der Waals surface area contributed by atoms with E-state index in [4.69, 9.17) is 4.74 Å². The Hall–Kier alpha value is -3.66. The third-order valence-electron chi connectivity index (χ3n) is 7.47. The van der Waals surface area contributed by atoms with Crippen LogP contribution in [-0.2, 0) is 32.3 Å². The van der Waals surface area contributed by atoms with Gasteiger partial charge in [-0.25, -0.2) is 22.8 Å². The van der Waals surface area contributed by atoms with Gasteiger partial charge in [-0.1, -0.05) is 12.1 Å². The molecule has 2 aliphatic heterocycles. The summed E-state index contributed by atoms with van der Waals surface area (Å²) in [6.45, 7) is 4.14. The van der Waals surface area contributed by atoms with Gasteiger partial charge in [0.05, 0.1) is 41.6 Å². The van der Waals surface area contributed by atoms with Gasteiger partial charge >= 0.3 is 6.18 Å². The quantitative estimate of drug-likeness (QED) is 0.325. The molecule has 1 amide bonds. The van der Waals surface area contributed by atoms with E-state index in [1.165, 1.54) is 12.1 Å². The lowest BCUT2D eigenvalue weighted by Crippen LogP contribution is -2.45. The van der Waals surface area contributed by atoms with E-state index in [0.717, 1.165) is 53.8 Å². The minimum Gasteiger partial charge on any atom is -0.379 e. The number of halogens is 4. The normalized spacial score (nSPS) is 18.3. The van der Waals surface area contributed by atoms with Crippen LogP contribution in [0.2, 0.25) is 0 Å². The zero-order chi connectivity index (χ0) is 31.3. The van der Waals surface area contributed by atoms with Crippen LogP contribution in [0.15, 0.2) is 59.5 Å². The Morgan fingerprint density at radius 1 is 1.00 bits per heavy atom. The van der Waals surface area contributed by atoms with Crippen LogP contribution in [0.1, 0.15) is 24.1 Å². The molecule has 2 aliphatic rings. The maximum atomic E-state index is 13.4. The second kappa shape index (κ2) is 13.5. The highest BCUT2D eigenvalue weighted by Crippen LogP contribution is 2.31. The third-order valence-corrected chi connectivity index (χ3v) is 9.39. The van der Waals surface area contributed by atoms with Gasteiger partial charge in [-0.2, -0.15) is 17.5 Å². The molecule has 2 saturated heterocycles. The van der Waals surface area contributed by atoms with Crippen molar-refractivity contribution in [3.63, 3.8) is 0 Å². The number of carbonyl (C=O) groups excluding carboxylic acids is 1. The predicted octanol–water partition coefficient (Wildman–Crippen LogP) is 3.52. The number of carbonyl (C=O) groups is 1. The van der Waals surface area contributed by atoms with Crippen LogP contribution >= 0.6 is 0 Å². The first-order valence-electron chi connectivity index (χ1n) is 14.2. The molecule has 1 atom stereocenters. The second-order valence-electron chi connectivity index (χ2n) is 10.5. The van der Waals surface area contributed by atoms with Crippen molar-refractivity contribution < 1.29 is 35.5 Å². The summed E-state index contributed by atoms with van der Waals surface area (Å²) in [5, 5.41) is 5.91. The number of rotatable bonds is 10. The molecule has 2 fully saturated rings. The molecule has 44 heavy (non-hydrogen) atoms. The Morgan fingerprint density at radius 2 is 1.70 bits per heavy atom. The van der Waals surface area contributed by atoms with E-state index in [1.54, 1.807) is 6.07 Å². The van der Waals surface area contributed by atoms with E-state index < -0.39 is 39.5 Å². The Labute approximate surface area is 252 Å². The van der Waals surface area contributed by atoms with Crippen molar-refractivity contribution in [1.29, 1.82) is 0 Å². The van der Waals surface area contributed by atoms with Crippen LogP contribution in [0.25, 0.3) is 11.3 Å². The molecule has 0 unspecified atom stereocenters. The van der Waals surface area contributed by atoms with Crippen LogP contribution in [0.5, 0.6) is 0 Å². The van der Waals surface area contributed by atoms with Gasteiger partial charge in [0.2, 0.25) is 21.9 Å². The highest BCUT2D eigenvalue weighted by Gasteiger charge is 2.39. The van der Waals surface area contributed by atoms with Gasteiger partial charge < -0.3 is 15.4 Å². The van der Waals surface area contributed by atoms with Crippen molar-refractivity contribution >= 4 is 21.9 Å². The fraction of sp³-hybridized carbons (Fsp3) is 0.414. The fourth-order valence-electron chi connectivity index (χ4n) is 5.12. The van der Waals surface area contributed by atoms with E-state index in [1.807, 2.05) is 0 Å². The smallest absolute Gasteiger partial charge is 0.379 e. The molecule has 3 heterocycles. The number of nitrogens with one attached hydrogen (secondary N) is 2. The molecule has 15 heteroatoms. The summed E-state index contributed by atoms with van der Waals surface area (Å²) >= 11 is 0. The minimum atomic E-state index is -4.48. The molecule has 0 spiro atoms. The van der Waals surface area contributed by atoms with Crippen LogP contribution in [-0.4, -0.2) is 85.5 Å². The summed E-state index contributed by atoms with van der Waals surface area (Å²) in [6.07, 6.45) is -3.70. The average Bonchev–Trinajstić information content (AvgIpc) is 3.52. The number of sulfonamides is 1. The Kier molecular flexibility index (Phi) is 9.78. The van der Waals surface area contributed by atoms with Crippen LogP contribution < -0.4 is 10.6 Å². The summed E-state index contributed by atoms with van der Waals surface area (Å²) in [7, 11) is -4.04. The SMILES string of the molecule is O=C(NCc1cc(-c2ccc(C(F)(F)F)cc2)nc(NCCN2CCOCC2)n1)[C@@H]1CCCN1S(=O)(=O)c1ccc(F)cc1. The third kappa shape index (κ3) is 7.70. The van der Waals surface area contributed by atoms with Gasteiger partial charge in [0.25, 0.3) is 0 Å². The molecule has 236 valence electrons. The number of nitrogens with zero attached hydrogens (tertiary/aromatic N) is 4. The number of hydrogen-bond acceptors (Lipinski definition) is 8. The first kappa shape index (κ1) is 31.8. The van der Waals surface area contributed by atoms with Crippen LogP contribution in [0.3, 0.4) is 0 Å². The van der Waals surface area contributed by atoms with Crippen LogP contribution in [0, 0.1) is 5.82 Å². The molecular weight excluding hydrogens is 604 g/mol. The van der Waals surface area contributed by atoms with Gasteiger partial charge in [-0.05, 0) is 55.3 Å². The molecule has 0 saturated carbocycles. The predicted molar refractivity (Wildman–Crippen MR) is 153 cm³/mol. The standard InChI is InChI=1S/C29H32F4N6O4S/c30-22-7-9-24(10-8-22)44(41,42)39-12-1-2-26(39)27(40)35-19-23-18-25(20-3-5-21(6-4-20)29(31,32)33)37-28(36-23)34-11-13-38-14-16-43-17-15-38/h3-10,18,26H,1-2,11-17,19H2,(H,35,40)(H,34,36,37)/t26-/m0/s1. The molecular formula is C29H32F4N6O4S. The van der Waals surface area contributed by atoms with E-state index >= 15 is 0 Å². The number of alkyl halides is 3. The van der Waals surface area contributed by atoms with Gasteiger partial charge in [-0.3, -0.25) is 9.69 Å². The molecule has 0 aliphatic carbocycles. The van der Waals surface area contributed by atoms with Crippen molar-refractivity contribution in [3.05, 3.63) is 71.7 Å². The maximum Gasteiger partial charge on any atom is 0.416 e. The van der Waals surface area contributed by atoms with Gasteiger partial charge in [0, 0.05) is 38.3 Å². The zero-order valence-corrected chi connectivity index (χ0v) is 24.5. The molecule has 3 aromatic rings. The number of benzene rings is 2. The lowest BCUT2D eigenvalue weighted by Gasteiger charge is -2.26. The van der Waals surface area contributed by atoms with Crippen molar-refractivity contribution in [3.8, 4) is 11.3 Å². The lowest BCUT2D eigenvalue weighted by molar-refractivity contribution is -0.137. The van der Waals surface area contributed by atoms with E-state index in [-0.39, 0.29) is 23.9 Å². The number of aromatic nitrogens is 2. The summed E-state index contributed by atoms with van der Waals surface area (Å²) in [5.41, 5.74) is 0.371. The highest BCUT2D eigenvalue weighted by atomic mass is 32.2. The molecule has 10 nitrogen and oxygen atoms in total. The molecule has 0 radical (unpaired) electrons. The second-order valence-corrected chi connectivity index (χ2v) is 12.4. The lowest BCUT2D eigenvalue weighted by atomic mass is 10.1. The Morgan fingerprint density at radius 3 is 2.39 bits per heavy atom. The highest BCUT2D eigenvalue weighted by molar-refractivity contribution is 7.89. The number of anilines is 1. The molecule has 5 rings (SSSR count). The van der Waals surface area contributed by atoms with Crippen molar-refractivity contribution in [2.24, 2.45) is 0 Å². The van der Waals surface area contributed by atoms with Crippen LogP contribution in [0.4, 0.5) is 23.5 Å². The minimum absolute atomic E-state index is 0.0753. The molecule has 2 aromatic carbocycles. The first-order chi connectivity index (χ1) is 21.0. The number of amides is 1. The van der Waals surface area contributed by atoms with Crippen molar-refractivity contribution in [1.82, 2.24) is 24.5 Å². The summed E-state index contributed by atoms with van der Waals surface area (Å²) in [4.78, 5) is 24.3. The number of hydrogen-bond donors (Lipinski definition) is 2. The summed E-state index contributed by atoms with van der Waals surface area (Å²) < 4.78 is 85.6. The summed E-state index contributed by atoms with van der Waals surface area (Å²) in [6, 6.07) is 9.61.